The van der Waals surface area contributed by atoms with Crippen LogP contribution in [0.5, 0.6) is 0 Å². The van der Waals surface area contributed by atoms with Crippen LogP contribution in [-0.4, -0.2) is 12.1 Å². The zero-order chi connectivity index (χ0) is 23.1. The summed E-state index contributed by atoms with van der Waals surface area (Å²) in [7, 11) is 0. The first-order chi connectivity index (χ1) is 14.4. The number of ether oxygens (including phenoxy) is 1. The van der Waals surface area contributed by atoms with E-state index in [-0.39, 0.29) is 11.1 Å². The molecule has 1 saturated carbocycles. The molecule has 2 aromatic carbocycles. The zero-order valence-corrected chi connectivity index (χ0v) is 17.1. The number of allylic oxidation sites excluding steroid dienone is 2. The first-order valence-corrected chi connectivity index (χ1v) is 9.56. The molecule has 0 bridgehead atoms. The average Bonchev–Trinajstić information content (AvgIpc) is 3.21. The highest BCUT2D eigenvalue weighted by Gasteiger charge is 2.62. The minimum absolute atomic E-state index is 0.0945. The number of halogens is 7. The molecule has 0 spiro atoms. The molecule has 166 valence electrons. The Labute approximate surface area is 179 Å². The summed E-state index contributed by atoms with van der Waals surface area (Å²) < 4.78 is 86.0. The fourth-order valence-electron chi connectivity index (χ4n) is 3.54. The van der Waals surface area contributed by atoms with Crippen molar-refractivity contribution in [1.29, 1.82) is 0 Å². The van der Waals surface area contributed by atoms with Crippen LogP contribution in [0, 0.1) is 34.7 Å². The summed E-state index contributed by atoms with van der Waals surface area (Å²) in [5, 5.41) is -1.35. The van der Waals surface area contributed by atoms with E-state index in [0.29, 0.717) is 0 Å². The Morgan fingerprint density at radius 2 is 1.71 bits per heavy atom. The number of hydrogen-bond donors (Lipinski definition) is 0. The Balaban J connectivity index is 1.78. The topological polar surface area (TPSA) is 26.3 Å². The maximum atomic E-state index is 14.8. The fourth-order valence-corrected chi connectivity index (χ4v) is 3.68. The molecule has 1 unspecified atom stereocenters. The van der Waals surface area contributed by atoms with Crippen LogP contribution in [-0.2, 0) is 16.1 Å². The molecular formula is C22H17ClF6O2. The van der Waals surface area contributed by atoms with Crippen LogP contribution in [0.15, 0.2) is 47.5 Å². The molecule has 2 atom stereocenters. The number of alkyl halides is 3. The molecule has 0 saturated heterocycles. The normalized spacial score (nSPS) is 20.5. The molecular weight excluding hydrogens is 446 g/mol. The van der Waals surface area contributed by atoms with Crippen LogP contribution >= 0.6 is 11.6 Å². The van der Waals surface area contributed by atoms with Gasteiger partial charge in [0.1, 0.15) is 29.1 Å². The Bertz CT molecular complexity index is 1040. The highest BCUT2D eigenvalue weighted by Crippen LogP contribution is 2.60. The fraction of sp³-hybridized carbons (Fsp3) is 0.318. The van der Waals surface area contributed by atoms with Crippen molar-refractivity contribution in [3.8, 4) is 11.1 Å². The Morgan fingerprint density at radius 1 is 1.06 bits per heavy atom. The van der Waals surface area contributed by atoms with E-state index in [1.165, 1.54) is 18.2 Å². The second-order valence-electron chi connectivity index (χ2n) is 7.81. The van der Waals surface area contributed by atoms with Gasteiger partial charge in [-0.05, 0) is 29.5 Å². The van der Waals surface area contributed by atoms with Crippen LogP contribution in [0.3, 0.4) is 0 Å². The molecule has 1 fully saturated rings. The number of rotatable bonds is 5. The third-order valence-corrected chi connectivity index (χ3v) is 5.81. The minimum atomic E-state index is -4.74. The largest absolute Gasteiger partial charge is 0.460 e. The van der Waals surface area contributed by atoms with Crippen LogP contribution < -0.4 is 0 Å². The smallest absolute Gasteiger partial charge is 0.426 e. The lowest BCUT2D eigenvalue weighted by Crippen LogP contribution is -2.12. The zero-order valence-electron chi connectivity index (χ0n) is 16.4. The molecule has 31 heavy (non-hydrogen) atoms. The summed E-state index contributed by atoms with van der Waals surface area (Å²) >= 11 is 5.25. The van der Waals surface area contributed by atoms with Gasteiger partial charge in [-0.2, -0.15) is 13.2 Å². The van der Waals surface area contributed by atoms with Crippen molar-refractivity contribution in [2.75, 3.05) is 0 Å². The Hall–Kier alpha value is -2.48. The van der Waals surface area contributed by atoms with E-state index in [0.717, 1.165) is 24.3 Å². The van der Waals surface area contributed by atoms with Gasteiger partial charge in [-0.15, -0.1) is 0 Å². The second kappa shape index (κ2) is 8.22. The van der Waals surface area contributed by atoms with E-state index in [1.54, 1.807) is 13.8 Å². The Morgan fingerprint density at radius 3 is 2.32 bits per heavy atom. The van der Waals surface area contributed by atoms with Crippen LogP contribution in [0.2, 0.25) is 0 Å². The monoisotopic (exact) mass is 462 g/mol. The van der Waals surface area contributed by atoms with Gasteiger partial charge < -0.3 is 4.74 Å². The van der Waals surface area contributed by atoms with E-state index in [9.17, 15) is 31.1 Å². The summed E-state index contributed by atoms with van der Waals surface area (Å²) in [6, 6.07) is 7.32. The lowest BCUT2D eigenvalue weighted by atomic mass is 10.0. The molecule has 9 heteroatoms. The minimum Gasteiger partial charge on any atom is -0.460 e. The predicted octanol–water partition coefficient (Wildman–Crippen LogP) is 6.77. The van der Waals surface area contributed by atoms with Gasteiger partial charge in [0, 0.05) is 11.1 Å². The predicted molar refractivity (Wildman–Crippen MR) is 102 cm³/mol. The van der Waals surface area contributed by atoms with Crippen molar-refractivity contribution in [2.24, 2.45) is 17.3 Å². The van der Waals surface area contributed by atoms with Crippen LogP contribution in [0.25, 0.3) is 11.1 Å². The van der Waals surface area contributed by atoms with Crippen molar-refractivity contribution < 1.29 is 35.9 Å². The van der Waals surface area contributed by atoms with Crippen LogP contribution in [0.4, 0.5) is 26.3 Å². The summed E-state index contributed by atoms with van der Waals surface area (Å²) in [6.45, 7) is 2.32. The standard InChI is InChI=1S/C22H17ClF6O2/c1-21(2)14(9-17(23)22(27,28)29)18(21)20(30)31-10-13-16(25)8-7-12(19(13)26)11-5-3-4-6-15(11)24/h3-9,14,18H,10H2,1-2H3/b17-9-/t14?,18-/m0/s1. The molecule has 2 aromatic rings. The highest BCUT2D eigenvalue weighted by molar-refractivity contribution is 6.30. The average molecular weight is 463 g/mol. The van der Waals surface area contributed by atoms with E-state index < -0.39 is 64.1 Å². The van der Waals surface area contributed by atoms with E-state index in [4.69, 9.17) is 16.3 Å². The molecule has 0 aliphatic heterocycles. The molecule has 1 aliphatic rings. The van der Waals surface area contributed by atoms with Crippen molar-refractivity contribution in [3.63, 3.8) is 0 Å². The molecule has 0 N–H and O–H groups in total. The van der Waals surface area contributed by atoms with Crippen molar-refractivity contribution in [1.82, 2.24) is 0 Å². The third-order valence-electron chi connectivity index (χ3n) is 5.47. The molecule has 3 rings (SSSR count). The van der Waals surface area contributed by atoms with Gasteiger partial charge >= 0.3 is 12.1 Å². The summed E-state index contributed by atoms with van der Waals surface area (Å²) in [5.74, 6) is -5.51. The van der Waals surface area contributed by atoms with Crippen LogP contribution in [0.1, 0.15) is 19.4 Å². The maximum Gasteiger partial charge on any atom is 0.426 e. The van der Waals surface area contributed by atoms with Crippen molar-refractivity contribution >= 4 is 17.6 Å². The summed E-state index contributed by atoms with van der Waals surface area (Å²) in [5.41, 5.74) is -1.76. The van der Waals surface area contributed by atoms with Gasteiger partial charge in [0.15, 0.2) is 0 Å². The van der Waals surface area contributed by atoms with Gasteiger partial charge in [0.25, 0.3) is 0 Å². The molecule has 2 nitrogen and oxygen atoms in total. The van der Waals surface area contributed by atoms with Gasteiger partial charge in [0.05, 0.1) is 11.5 Å². The van der Waals surface area contributed by atoms with Gasteiger partial charge in [-0.25, -0.2) is 13.2 Å². The third kappa shape index (κ3) is 4.59. The first kappa shape index (κ1) is 23.2. The number of hydrogen-bond acceptors (Lipinski definition) is 2. The SMILES string of the molecule is CC1(C)C(/C=C(\Cl)C(F)(F)F)[C@H]1C(=O)OCc1c(F)ccc(-c2ccccc2F)c1F. The maximum absolute atomic E-state index is 14.8. The highest BCUT2D eigenvalue weighted by atomic mass is 35.5. The van der Waals surface area contributed by atoms with E-state index >= 15 is 0 Å². The Kier molecular flexibility index (Phi) is 6.15. The van der Waals surface area contributed by atoms with Gasteiger partial charge in [-0.3, -0.25) is 4.79 Å². The number of esters is 1. The molecule has 1 aliphatic carbocycles. The molecule has 0 aromatic heterocycles. The molecule has 0 radical (unpaired) electrons. The summed E-state index contributed by atoms with van der Waals surface area (Å²) in [6.07, 6.45) is -4.00. The molecule has 0 heterocycles. The lowest BCUT2D eigenvalue weighted by molar-refractivity contribution is -0.147. The number of carbonyl (C=O) groups excluding carboxylic acids is 1. The lowest BCUT2D eigenvalue weighted by Gasteiger charge is -2.11. The molecule has 0 amide bonds. The number of benzene rings is 2. The second-order valence-corrected chi connectivity index (χ2v) is 8.22. The quantitative estimate of drug-likeness (QED) is 0.362. The summed E-state index contributed by atoms with van der Waals surface area (Å²) in [4.78, 5) is 12.4. The van der Waals surface area contributed by atoms with Crippen molar-refractivity contribution in [2.45, 2.75) is 26.6 Å². The van der Waals surface area contributed by atoms with Gasteiger partial charge in [0.2, 0.25) is 0 Å². The first-order valence-electron chi connectivity index (χ1n) is 9.18. The number of carbonyl (C=O) groups is 1. The van der Waals surface area contributed by atoms with Crippen molar-refractivity contribution in [3.05, 3.63) is 70.5 Å². The van der Waals surface area contributed by atoms with Gasteiger partial charge in [-0.1, -0.05) is 49.7 Å². The van der Waals surface area contributed by atoms with E-state index in [1.807, 2.05) is 0 Å². The van der Waals surface area contributed by atoms with E-state index in [2.05, 4.69) is 0 Å².